The fourth-order valence-corrected chi connectivity index (χ4v) is 3.53. The molecule has 0 fully saturated rings. The number of ether oxygens (including phenoxy) is 1. The van der Waals surface area contributed by atoms with Crippen LogP contribution in [0.25, 0.3) is 10.2 Å². The van der Waals surface area contributed by atoms with Crippen molar-refractivity contribution in [3.63, 3.8) is 0 Å². The monoisotopic (exact) mass is 295 g/mol. The lowest BCUT2D eigenvalue weighted by Gasteiger charge is -2.05. The lowest BCUT2D eigenvalue weighted by atomic mass is 10.1. The van der Waals surface area contributed by atoms with Crippen molar-refractivity contribution < 1.29 is 9.53 Å². The average molecular weight is 295 g/mol. The Morgan fingerprint density at radius 2 is 2.05 bits per heavy atom. The number of hydrogen-bond acceptors (Lipinski definition) is 4. The highest BCUT2D eigenvalue weighted by molar-refractivity contribution is 7.18. The van der Waals surface area contributed by atoms with Crippen LogP contribution in [0, 0.1) is 0 Å². The van der Waals surface area contributed by atoms with Gasteiger partial charge in [-0.15, -0.1) is 11.3 Å². The van der Waals surface area contributed by atoms with E-state index in [0.29, 0.717) is 13.0 Å². The van der Waals surface area contributed by atoms with E-state index in [-0.39, 0.29) is 5.78 Å². The van der Waals surface area contributed by atoms with Gasteiger partial charge in [-0.25, -0.2) is 4.98 Å². The number of ketones is 1. The van der Waals surface area contributed by atoms with Gasteiger partial charge in [-0.3, -0.25) is 4.79 Å². The van der Waals surface area contributed by atoms with Crippen LogP contribution in [-0.2, 0) is 13.0 Å². The molecule has 0 unspecified atom stereocenters. The van der Waals surface area contributed by atoms with Gasteiger partial charge >= 0.3 is 0 Å². The van der Waals surface area contributed by atoms with Gasteiger partial charge in [0.25, 0.3) is 0 Å². The first kappa shape index (κ1) is 12.5. The minimum Gasteiger partial charge on any atom is -0.486 e. The van der Waals surface area contributed by atoms with E-state index in [1.165, 1.54) is 4.70 Å². The van der Waals surface area contributed by atoms with Crippen molar-refractivity contribution in [3.05, 3.63) is 58.6 Å². The summed E-state index contributed by atoms with van der Waals surface area (Å²) in [4.78, 5) is 16.2. The third-order valence-electron chi connectivity index (χ3n) is 3.70. The second-order valence-corrected chi connectivity index (χ2v) is 6.22. The number of aryl methyl sites for hydroxylation is 1. The summed E-state index contributed by atoms with van der Waals surface area (Å²) >= 11 is 1.65. The smallest absolute Gasteiger partial charge is 0.163 e. The normalized spacial score (nSPS) is 13.6. The van der Waals surface area contributed by atoms with Gasteiger partial charge in [0, 0.05) is 12.0 Å². The zero-order valence-corrected chi connectivity index (χ0v) is 12.2. The number of carbonyl (C=O) groups is 1. The molecule has 0 saturated heterocycles. The van der Waals surface area contributed by atoms with Crippen LogP contribution in [-0.4, -0.2) is 10.8 Å². The lowest BCUT2D eigenvalue weighted by molar-refractivity contribution is 0.0994. The summed E-state index contributed by atoms with van der Waals surface area (Å²) in [5.74, 6) is 1.05. The molecular weight excluding hydrogens is 282 g/mol. The zero-order chi connectivity index (χ0) is 14.2. The Kier molecular flexibility index (Phi) is 2.97. The molecule has 21 heavy (non-hydrogen) atoms. The zero-order valence-electron chi connectivity index (χ0n) is 11.3. The number of hydrogen-bond donors (Lipinski definition) is 0. The molecular formula is C17H13NO2S. The summed E-state index contributed by atoms with van der Waals surface area (Å²) in [7, 11) is 0. The fourth-order valence-electron chi connectivity index (χ4n) is 2.65. The van der Waals surface area contributed by atoms with E-state index in [2.05, 4.69) is 11.1 Å². The number of benzene rings is 2. The van der Waals surface area contributed by atoms with Crippen molar-refractivity contribution >= 4 is 27.3 Å². The molecule has 1 aliphatic rings. The molecule has 0 amide bonds. The molecule has 0 spiro atoms. The number of nitrogens with zero attached hydrogens (tertiary/aromatic N) is 1. The van der Waals surface area contributed by atoms with Crippen molar-refractivity contribution in [1.29, 1.82) is 0 Å². The van der Waals surface area contributed by atoms with Crippen LogP contribution >= 0.6 is 11.3 Å². The maximum absolute atomic E-state index is 11.6. The first-order chi connectivity index (χ1) is 10.3. The van der Waals surface area contributed by atoms with E-state index in [1.807, 2.05) is 36.4 Å². The third kappa shape index (κ3) is 2.32. The van der Waals surface area contributed by atoms with Crippen LogP contribution in [0.5, 0.6) is 5.75 Å². The molecule has 2 aromatic carbocycles. The van der Waals surface area contributed by atoms with E-state index in [9.17, 15) is 4.79 Å². The Labute approximate surface area is 126 Å². The standard InChI is InChI=1S/C17H13NO2S/c19-15-8-5-11-9-12(6-7-13(11)15)20-10-17-18-14-3-1-2-4-16(14)21-17/h1-4,6-7,9H,5,8,10H2. The Morgan fingerprint density at radius 3 is 2.95 bits per heavy atom. The van der Waals surface area contributed by atoms with E-state index >= 15 is 0 Å². The number of aromatic nitrogens is 1. The Hall–Kier alpha value is -2.20. The quantitative estimate of drug-likeness (QED) is 0.733. The first-order valence-corrected chi connectivity index (χ1v) is 7.74. The van der Waals surface area contributed by atoms with Gasteiger partial charge in [-0.05, 0) is 42.3 Å². The summed E-state index contributed by atoms with van der Waals surface area (Å²) in [5, 5.41) is 0.966. The van der Waals surface area contributed by atoms with E-state index in [0.717, 1.165) is 33.8 Å². The highest BCUT2D eigenvalue weighted by atomic mass is 32.1. The molecule has 1 aromatic heterocycles. The van der Waals surface area contributed by atoms with E-state index in [4.69, 9.17) is 4.74 Å². The Morgan fingerprint density at radius 1 is 1.14 bits per heavy atom. The topological polar surface area (TPSA) is 39.2 Å². The average Bonchev–Trinajstić information content (AvgIpc) is 3.08. The van der Waals surface area contributed by atoms with Gasteiger partial charge in [-0.1, -0.05) is 12.1 Å². The van der Waals surface area contributed by atoms with Gasteiger partial charge in [-0.2, -0.15) is 0 Å². The van der Waals surface area contributed by atoms with Gasteiger partial charge < -0.3 is 4.74 Å². The van der Waals surface area contributed by atoms with Crippen molar-refractivity contribution in [1.82, 2.24) is 4.98 Å². The summed E-state index contributed by atoms with van der Waals surface area (Å²) in [5.41, 5.74) is 2.96. The molecule has 0 atom stereocenters. The van der Waals surface area contributed by atoms with Gasteiger partial charge in [0.15, 0.2) is 5.78 Å². The van der Waals surface area contributed by atoms with Gasteiger partial charge in [0.1, 0.15) is 17.4 Å². The molecule has 3 nitrogen and oxygen atoms in total. The molecule has 1 heterocycles. The molecule has 1 aliphatic carbocycles. The summed E-state index contributed by atoms with van der Waals surface area (Å²) in [6.45, 7) is 0.464. The van der Waals surface area contributed by atoms with Crippen molar-refractivity contribution in [2.24, 2.45) is 0 Å². The SMILES string of the molecule is O=C1CCc2cc(OCc3nc4ccccc4s3)ccc21. The van der Waals surface area contributed by atoms with Crippen LogP contribution < -0.4 is 4.74 Å². The van der Waals surface area contributed by atoms with Crippen LogP contribution in [0.1, 0.15) is 27.3 Å². The fraction of sp³-hybridized carbons (Fsp3) is 0.176. The lowest BCUT2D eigenvalue weighted by Crippen LogP contribution is -1.96. The van der Waals surface area contributed by atoms with Crippen molar-refractivity contribution in [2.45, 2.75) is 19.4 Å². The number of thiazole rings is 1. The minimum absolute atomic E-state index is 0.239. The molecule has 3 aromatic rings. The maximum atomic E-state index is 11.6. The second kappa shape index (κ2) is 4.97. The largest absolute Gasteiger partial charge is 0.486 e. The third-order valence-corrected chi connectivity index (χ3v) is 4.71. The van der Waals surface area contributed by atoms with Crippen molar-refractivity contribution in [2.75, 3.05) is 0 Å². The molecule has 4 rings (SSSR count). The minimum atomic E-state index is 0.239. The number of rotatable bonds is 3. The summed E-state index contributed by atoms with van der Waals surface area (Å²) in [6.07, 6.45) is 1.45. The highest BCUT2D eigenvalue weighted by Crippen LogP contribution is 2.27. The molecule has 0 N–H and O–H groups in total. The van der Waals surface area contributed by atoms with Crippen LogP contribution in [0.2, 0.25) is 0 Å². The summed E-state index contributed by atoms with van der Waals surface area (Å²) < 4.78 is 7.00. The molecule has 0 bridgehead atoms. The van der Waals surface area contributed by atoms with E-state index < -0.39 is 0 Å². The molecule has 4 heteroatoms. The Bertz CT molecular complexity index is 805. The Balaban J connectivity index is 1.53. The second-order valence-electron chi connectivity index (χ2n) is 5.11. The number of fused-ring (bicyclic) bond motifs is 2. The molecule has 0 aliphatic heterocycles. The molecule has 0 radical (unpaired) electrons. The number of para-hydroxylation sites is 1. The maximum Gasteiger partial charge on any atom is 0.163 e. The van der Waals surface area contributed by atoms with Crippen LogP contribution in [0.3, 0.4) is 0 Å². The molecule has 104 valence electrons. The van der Waals surface area contributed by atoms with Crippen molar-refractivity contribution in [3.8, 4) is 5.75 Å². The predicted molar refractivity (Wildman–Crippen MR) is 83.0 cm³/mol. The van der Waals surface area contributed by atoms with Gasteiger partial charge in [0.2, 0.25) is 0 Å². The van der Waals surface area contributed by atoms with Gasteiger partial charge in [0.05, 0.1) is 10.2 Å². The highest BCUT2D eigenvalue weighted by Gasteiger charge is 2.19. The number of Topliss-reactive ketones (excluding diaryl/α,β-unsaturated/α-hetero) is 1. The first-order valence-electron chi connectivity index (χ1n) is 6.93. The predicted octanol–water partition coefficient (Wildman–Crippen LogP) is 4.00. The number of carbonyl (C=O) groups excluding carboxylic acids is 1. The molecule has 0 saturated carbocycles. The van der Waals surface area contributed by atoms with Crippen LogP contribution in [0.4, 0.5) is 0 Å². The van der Waals surface area contributed by atoms with Crippen LogP contribution in [0.15, 0.2) is 42.5 Å². The van der Waals surface area contributed by atoms with E-state index in [1.54, 1.807) is 11.3 Å². The summed E-state index contributed by atoms with van der Waals surface area (Å²) in [6, 6.07) is 13.8.